The summed E-state index contributed by atoms with van der Waals surface area (Å²) in [5.41, 5.74) is 0. The van der Waals surface area contributed by atoms with Crippen molar-refractivity contribution < 1.29 is 0 Å². The Labute approximate surface area is 355 Å². The molecule has 9 aromatic rings. The molecule has 0 atom stereocenters. The zero-order valence-corrected chi connectivity index (χ0v) is 41.9. The zero-order chi connectivity index (χ0) is 39.1. The second-order valence-corrected chi connectivity index (χ2v) is 100. The predicted octanol–water partition coefficient (Wildman–Crippen LogP) is 7.47. The van der Waals surface area contributed by atoms with E-state index in [0.717, 1.165) is 0 Å². The van der Waals surface area contributed by atoms with Crippen molar-refractivity contribution in [2.45, 2.75) is 0 Å². The van der Waals surface area contributed by atoms with Crippen molar-refractivity contribution in [1.82, 2.24) is 0 Å². The molecule has 0 aliphatic heterocycles. The van der Waals surface area contributed by atoms with Crippen LogP contribution in [0.5, 0.6) is 0 Å². The minimum atomic E-state index is -4.50. The minimum absolute atomic E-state index is 0.960. The third-order valence-corrected chi connectivity index (χ3v) is 192. The maximum atomic E-state index is 2.54. The Morgan fingerprint density at radius 3 is 0.362 bits per heavy atom. The van der Waals surface area contributed by atoms with Gasteiger partial charge in [-0.3, -0.25) is 0 Å². The fraction of sp³-hybridized carbons (Fsp3) is 0. The summed E-state index contributed by atoms with van der Waals surface area (Å²) >= 11 is -13.5. The van der Waals surface area contributed by atoms with Crippen molar-refractivity contribution >= 4 is 86.6 Å². The molecule has 0 aliphatic carbocycles. The van der Waals surface area contributed by atoms with E-state index in [0.29, 0.717) is 0 Å². The molecule has 0 spiro atoms. The summed E-state index contributed by atoms with van der Waals surface area (Å²) in [6.07, 6.45) is 0. The quantitative estimate of drug-likeness (QED) is 0.0882. The Hall–Kier alpha value is -4.19. The van der Waals surface area contributed by atoms with Gasteiger partial charge in [-0.15, -0.1) is 0 Å². The van der Waals surface area contributed by atoms with Crippen LogP contribution in [0, 0.1) is 0 Å². The first-order valence-corrected chi connectivity index (χ1v) is 45.8. The summed E-state index contributed by atoms with van der Waals surface area (Å²) < 4.78 is 13.1. The Kier molecular flexibility index (Phi) is 12.2. The summed E-state index contributed by atoms with van der Waals surface area (Å²) in [5.74, 6) is 0. The van der Waals surface area contributed by atoms with Gasteiger partial charge in [0.15, 0.2) is 0 Å². The second kappa shape index (κ2) is 18.0. The van der Waals surface area contributed by atoms with E-state index in [1.54, 1.807) is 32.2 Å². The Bertz CT molecular complexity index is 2040. The van der Waals surface area contributed by atoms with Crippen LogP contribution in [0.3, 0.4) is 0 Å². The predicted molar refractivity (Wildman–Crippen MR) is 259 cm³/mol. The van der Waals surface area contributed by atoms with E-state index in [2.05, 4.69) is 273 Å². The molecule has 0 aromatic heterocycles. The van der Waals surface area contributed by atoms with E-state index < -0.39 is 54.4 Å². The van der Waals surface area contributed by atoms with Crippen LogP contribution in [-0.4, -0.2) is 53.5 Å². The van der Waals surface area contributed by atoms with Crippen molar-refractivity contribution in [1.29, 1.82) is 0 Å². The molecule has 9 rings (SSSR count). The van der Waals surface area contributed by atoms with Crippen molar-refractivity contribution in [3.63, 3.8) is 0 Å². The van der Waals surface area contributed by atoms with Crippen LogP contribution in [0.4, 0.5) is 0 Å². The third-order valence-electron chi connectivity index (χ3n) is 11.7. The standard InChI is InChI=1S/9C6H5.P.3Sn/c9*1-2-4-6-5-3-1;;;;/h9*1-5H;;;;. The van der Waals surface area contributed by atoms with Gasteiger partial charge in [-0.1, -0.05) is 0 Å². The van der Waals surface area contributed by atoms with Crippen LogP contribution in [0.15, 0.2) is 273 Å². The summed E-state index contributed by atoms with van der Waals surface area (Å²) in [7, 11) is 0. The van der Waals surface area contributed by atoms with Crippen LogP contribution in [0.1, 0.15) is 0 Å². The van der Waals surface area contributed by atoms with E-state index in [1.165, 1.54) is 0 Å². The van der Waals surface area contributed by atoms with Gasteiger partial charge in [-0.05, 0) is 0 Å². The van der Waals surface area contributed by atoms with Crippen molar-refractivity contribution in [3.05, 3.63) is 273 Å². The number of hydrogen-bond acceptors (Lipinski definition) is 0. The molecule has 0 heterocycles. The van der Waals surface area contributed by atoms with Gasteiger partial charge >= 0.3 is 360 Å². The summed E-state index contributed by atoms with van der Waals surface area (Å²) in [6, 6.07) is 108. The summed E-state index contributed by atoms with van der Waals surface area (Å²) in [4.78, 5) is 0. The monoisotopic (exact) mass is 1080 g/mol. The summed E-state index contributed by atoms with van der Waals surface area (Å²) in [5, 5.41) is 0. The second-order valence-electron chi connectivity index (χ2n) is 14.8. The SMILES string of the molecule is c1cc[c]([Sn]([c]2ccccc2)([c]2ccccc2)[P]([Sn]([c]2ccccc2)([c]2ccccc2)[c]2ccccc2)[Sn]([c]2ccccc2)([c]2ccccc2)[c]2ccccc2)cc1. The van der Waals surface area contributed by atoms with Crippen molar-refractivity contribution in [2.75, 3.05) is 0 Å². The molecule has 0 bridgehead atoms. The topological polar surface area (TPSA) is 0 Å². The van der Waals surface area contributed by atoms with Gasteiger partial charge in [0.1, 0.15) is 0 Å². The third kappa shape index (κ3) is 6.84. The van der Waals surface area contributed by atoms with Crippen LogP contribution < -0.4 is 32.2 Å². The summed E-state index contributed by atoms with van der Waals surface area (Å²) in [6.45, 7) is 0. The van der Waals surface area contributed by atoms with E-state index in [4.69, 9.17) is 0 Å². The van der Waals surface area contributed by atoms with Gasteiger partial charge in [0.05, 0.1) is 0 Å². The molecular weight excluding hydrogens is 1040 g/mol. The van der Waals surface area contributed by atoms with E-state index >= 15 is 0 Å². The molecule has 278 valence electrons. The Balaban J connectivity index is 1.68. The molecule has 0 nitrogen and oxygen atoms in total. The Morgan fingerprint density at radius 1 is 0.155 bits per heavy atom. The molecule has 9 aromatic carbocycles. The molecule has 0 amide bonds. The number of rotatable bonds is 12. The van der Waals surface area contributed by atoms with Gasteiger partial charge in [0.25, 0.3) is 0 Å². The average Bonchev–Trinajstić information content (AvgIpc) is 3.33. The molecule has 0 radical (unpaired) electrons. The first-order chi connectivity index (χ1) is 28.8. The first-order valence-electron chi connectivity index (χ1n) is 20.1. The fourth-order valence-electron chi connectivity index (χ4n) is 9.53. The molecule has 0 saturated heterocycles. The molecule has 0 unspecified atom stereocenters. The zero-order valence-electron chi connectivity index (χ0n) is 32.4. The van der Waals surface area contributed by atoms with E-state index in [9.17, 15) is 0 Å². The van der Waals surface area contributed by atoms with Crippen LogP contribution in [-0.2, 0) is 0 Å². The molecule has 0 N–H and O–H groups in total. The van der Waals surface area contributed by atoms with Gasteiger partial charge in [0.2, 0.25) is 0 Å². The molecular formula is C54H45PSn3. The van der Waals surface area contributed by atoms with Gasteiger partial charge in [-0.25, -0.2) is 0 Å². The molecule has 0 aliphatic rings. The molecule has 58 heavy (non-hydrogen) atoms. The maximum absolute atomic E-state index is 4.50. The van der Waals surface area contributed by atoms with Crippen molar-refractivity contribution in [2.24, 2.45) is 0 Å². The Morgan fingerprint density at radius 2 is 0.259 bits per heavy atom. The van der Waals surface area contributed by atoms with Gasteiger partial charge in [0, 0.05) is 0 Å². The van der Waals surface area contributed by atoms with Crippen molar-refractivity contribution in [3.8, 4) is 0 Å². The fourth-order valence-corrected chi connectivity index (χ4v) is 301. The molecule has 0 saturated carbocycles. The number of benzene rings is 9. The normalized spacial score (nSPS) is 11.9. The molecule has 0 fully saturated rings. The van der Waals surface area contributed by atoms with Crippen LogP contribution in [0.25, 0.3) is 0 Å². The molecule has 4 heteroatoms. The number of hydrogen-bond donors (Lipinski definition) is 0. The van der Waals surface area contributed by atoms with E-state index in [1.807, 2.05) is 0 Å². The van der Waals surface area contributed by atoms with E-state index in [-0.39, 0.29) is 0 Å². The van der Waals surface area contributed by atoms with Gasteiger partial charge in [-0.2, -0.15) is 0 Å². The van der Waals surface area contributed by atoms with Gasteiger partial charge < -0.3 is 0 Å². The average molecular weight is 1080 g/mol. The van der Waals surface area contributed by atoms with Crippen LogP contribution >= 0.6 is 0.881 Å². The first kappa shape index (κ1) is 39.3. The van der Waals surface area contributed by atoms with Crippen LogP contribution in [0.2, 0.25) is 0 Å².